The van der Waals surface area contributed by atoms with Crippen LogP contribution in [-0.2, 0) is 13.2 Å². The molecule has 0 atom stereocenters. The minimum absolute atomic E-state index is 0.454. The zero-order valence-corrected chi connectivity index (χ0v) is 12.4. The van der Waals surface area contributed by atoms with Gasteiger partial charge in [0.1, 0.15) is 18.6 Å². The molecule has 0 unspecified atom stereocenters. The topological polar surface area (TPSA) is 47.3 Å². The van der Waals surface area contributed by atoms with Gasteiger partial charge >= 0.3 is 0 Å². The van der Waals surface area contributed by atoms with E-state index in [0.717, 1.165) is 35.3 Å². The monoisotopic (exact) mass is 324 g/mol. The zero-order chi connectivity index (χ0) is 13.5. The molecule has 102 valence electrons. The van der Waals surface area contributed by atoms with Gasteiger partial charge in [-0.05, 0) is 46.6 Å². The SMILES string of the molecule is CCCNCc1ccc(OCc2cnoc2)c(Br)c1. The highest BCUT2D eigenvalue weighted by Crippen LogP contribution is 2.26. The van der Waals surface area contributed by atoms with Gasteiger partial charge in [-0.2, -0.15) is 0 Å². The number of hydrogen-bond acceptors (Lipinski definition) is 4. The van der Waals surface area contributed by atoms with Gasteiger partial charge in [0.2, 0.25) is 0 Å². The van der Waals surface area contributed by atoms with E-state index in [4.69, 9.17) is 9.26 Å². The number of nitrogens with zero attached hydrogens (tertiary/aromatic N) is 1. The van der Waals surface area contributed by atoms with Crippen molar-refractivity contribution >= 4 is 15.9 Å². The molecule has 5 heteroatoms. The Morgan fingerprint density at radius 2 is 2.26 bits per heavy atom. The number of ether oxygens (including phenoxy) is 1. The van der Waals surface area contributed by atoms with Crippen LogP contribution < -0.4 is 10.1 Å². The Labute approximate surface area is 121 Å². The second kappa shape index (κ2) is 7.31. The Balaban J connectivity index is 1.91. The number of rotatable bonds is 7. The molecule has 0 saturated heterocycles. The molecular weight excluding hydrogens is 308 g/mol. The van der Waals surface area contributed by atoms with Gasteiger partial charge in [-0.15, -0.1) is 0 Å². The minimum atomic E-state index is 0.454. The van der Waals surface area contributed by atoms with Crippen molar-refractivity contribution in [3.8, 4) is 5.75 Å². The second-order valence-corrected chi connectivity index (χ2v) is 5.12. The van der Waals surface area contributed by atoms with E-state index in [1.54, 1.807) is 12.5 Å². The van der Waals surface area contributed by atoms with Gasteiger partial charge in [0.25, 0.3) is 0 Å². The van der Waals surface area contributed by atoms with Crippen LogP contribution in [0.15, 0.2) is 39.7 Å². The first kappa shape index (κ1) is 14.1. The minimum Gasteiger partial charge on any atom is -0.488 e. The average Bonchev–Trinajstić information content (AvgIpc) is 2.91. The molecule has 1 N–H and O–H groups in total. The highest BCUT2D eigenvalue weighted by atomic mass is 79.9. The number of benzene rings is 1. The predicted octanol–water partition coefficient (Wildman–Crippen LogP) is 3.52. The third-order valence-electron chi connectivity index (χ3n) is 2.63. The molecule has 0 amide bonds. The molecule has 2 rings (SSSR count). The van der Waals surface area contributed by atoms with Crippen LogP contribution in [0.25, 0.3) is 0 Å². The molecule has 0 aliphatic heterocycles. The lowest BCUT2D eigenvalue weighted by molar-refractivity contribution is 0.302. The third-order valence-corrected chi connectivity index (χ3v) is 3.25. The first-order valence-electron chi connectivity index (χ1n) is 6.29. The second-order valence-electron chi connectivity index (χ2n) is 4.26. The maximum absolute atomic E-state index is 5.69. The molecule has 1 aromatic heterocycles. The van der Waals surface area contributed by atoms with E-state index in [2.05, 4.69) is 45.5 Å². The van der Waals surface area contributed by atoms with Crippen molar-refractivity contribution < 1.29 is 9.26 Å². The molecular formula is C14H17BrN2O2. The van der Waals surface area contributed by atoms with E-state index >= 15 is 0 Å². The third kappa shape index (κ3) is 4.36. The molecule has 4 nitrogen and oxygen atoms in total. The molecule has 19 heavy (non-hydrogen) atoms. The van der Waals surface area contributed by atoms with Gasteiger partial charge in [-0.1, -0.05) is 18.1 Å². The Hall–Kier alpha value is -1.33. The average molecular weight is 325 g/mol. The summed E-state index contributed by atoms with van der Waals surface area (Å²) >= 11 is 3.53. The maximum atomic E-state index is 5.69. The van der Waals surface area contributed by atoms with Crippen molar-refractivity contribution in [2.24, 2.45) is 0 Å². The summed E-state index contributed by atoms with van der Waals surface area (Å²) in [6, 6.07) is 6.11. The lowest BCUT2D eigenvalue weighted by Crippen LogP contribution is -2.13. The normalized spacial score (nSPS) is 10.6. The van der Waals surface area contributed by atoms with Crippen molar-refractivity contribution in [1.82, 2.24) is 10.5 Å². The molecule has 0 bridgehead atoms. The molecule has 2 aromatic rings. The Bertz CT molecular complexity index is 500. The van der Waals surface area contributed by atoms with Crippen LogP contribution in [0.5, 0.6) is 5.75 Å². The fraction of sp³-hybridized carbons (Fsp3) is 0.357. The van der Waals surface area contributed by atoms with Crippen molar-refractivity contribution in [3.05, 3.63) is 46.3 Å². The molecule has 0 spiro atoms. The van der Waals surface area contributed by atoms with Gasteiger partial charge < -0.3 is 14.6 Å². The highest BCUT2D eigenvalue weighted by Gasteiger charge is 2.04. The van der Waals surface area contributed by atoms with Crippen LogP contribution in [0, 0.1) is 0 Å². The number of hydrogen-bond donors (Lipinski definition) is 1. The van der Waals surface area contributed by atoms with Crippen LogP contribution in [0.3, 0.4) is 0 Å². The summed E-state index contributed by atoms with van der Waals surface area (Å²) in [4.78, 5) is 0. The van der Waals surface area contributed by atoms with E-state index in [1.165, 1.54) is 5.56 Å². The van der Waals surface area contributed by atoms with Crippen LogP contribution in [0.2, 0.25) is 0 Å². The fourth-order valence-electron chi connectivity index (χ4n) is 1.64. The molecule has 1 heterocycles. The highest BCUT2D eigenvalue weighted by molar-refractivity contribution is 9.10. The first-order valence-corrected chi connectivity index (χ1v) is 7.09. The van der Waals surface area contributed by atoms with Crippen LogP contribution in [0.1, 0.15) is 24.5 Å². The number of halogens is 1. The van der Waals surface area contributed by atoms with Gasteiger partial charge in [0.15, 0.2) is 0 Å². The summed E-state index contributed by atoms with van der Waals surface area (Å²) in [5.74, 6) is 0.820. The maximum Gasteiger partial charge on any atom is 0.134 e. The number of nitrogens with one attached hydrogen (secondary N) is 1. The van der Waals surface area contributed by atoms with E-state index in [1.807, 2.05) is 6.07 Å². The smallest absolute Gasteiger partial charge is 0.134 e. The van der Waals surface area contributed by atoms with Crippen molar-refractivity contribution in [2.45, 2.75) is 26.5 Å². The van der Waals surface area contributed by atoms with Gasteiger partial charge in [0.05, 0.1) is 10.7 Å². The fourth-order valence-corrected chi connectivity index (χ4v) is 2.18. The van der Waals surface area contributed by atoms with Crippen LogP contribution >= 0.6 is 15.9 Å². The van der Waals surface area contributed by atoms with Crippen LogP contribution in [0.4, 0.5) is 0 Å². The summed E-state index contributed by atoms with van der Waals surface area (Å²) in [7, 11) is 0. The first-order chi connectivity index (χ1) is 9.29. The summed E-state index contributed by atoms with van der Waals surface area (Å²) in [5, 5.41) is 7.01. The predicted molar refractivity (Wildman–Crippen MR) is 77.0 cm³/mol. The summed E-state index contributed by atoms with van der Waals surface area (Å²) < 4.78 is 11.4. The molecule has 0 fully saturated rings. The summed E-state index contributed by atoms with van der Waals surface area (Å²) in [6.45, 7) is 4.52. The lowest BCUT2D eigenvalue weighted by Gasteiger charge is -2.09. The zero-order valence-electron chi connectivity index (χ0n) is 10.9. The largest absolute Gasteiger partial charge is 0.488 e. The molecule has 1 aromatic carbocycles. The van der Waals surface area contributed by atoms with Crippen molar-refractivity contribution in [1.29, 1.82) is 0 Å². The number of aromatic nitrogens is 1. The van der Waals surface area contributed by atoms with Gasteiger partial charge in [-0.3, -0.25) is 0 Å². The molecule has 0 aliphatic rings. The quantitative estimate of drug-likeness (QED) is 0.792. The van der Waals surface area contributed by atoms with Crippen LogP contribution in [-0.4, -0.2) is 11.7 Å². The standard InChI is InChI=1S/C14H17BrN2O2/c1-2-5-16-7-11-3-4-14(13(15)6-11)18-9-12-8-17-19-10-12/h3-4,6,8,10,16H,2,5,7,9H2,1H3. The summed E-state index contributed by atoms with van der Waals surface area (Å²) in [6.07, 6.45) is 4.37. The van der Waals surface area contributed by atoms with Crippen molar-refractivity contribution in [2.75, 3.05) is 6.54 Å². The molecule has 0 radical (unpaired) electrons. The Morgan fingerprint density at radius 1 is 1.37 bits per heavy atom. The molecule has 0 saturated carbocycles. The Morgan fingerprint density at radius 3 is 2.95 bits per heavy atom. The van der Waals surface area contributed by atoms with Gasteiger partial charge in [0, 0.05) is 12.1 Å². The van der Waals surface area contributed by atoms with Gasteiger partial charge in [-0.25, -0.2) is 0 Å². The Kier molecular flexibility index (Phi) is 5.42. The van der Waals surface area contributed by atoms with E-state index in [0.29, 0.717) is 6.61 Å². The van der Waals surface area contributed by atoms with E-state index in [9.17, 15) is 0 Å². The van der Waals surface area contributed by atoms with E-state index < -0.39 is 0 Å². The van der Waals surface area contributed by atoms with Crippen molar-refractivity contribution in [3.63, 3.8) is 0 Å². The van der Waals surface area contributed by atoms with E-state index in [-0.39, 0.29) is 0 Å². The molecule has 0 aliphatic carbocycles. The lowest BCUT2D eigenvalue weighted by atomic mass is 10.2. The summed E-state index contributed by atoms with van der Waals surface area (Å²) in [5.41, 5.74) is 2.15.